The second-order valence-corrected chi connectivity index (χ2v) is 8.72. The van der Waals surface area contributed by atoms with Gasteiger partial charge in [-0.2, -0.15) is 0 Å². The molecule has 3 rings (SSSR count). The van der Waals surface area contributed by atoms with Crippen molar-refractivity contribution < 1.29 is 0 Å². The molecule has 0 saturated heterocycles. The first kappa shape index (κ1) is 18.8. The molecule has 1 atom stereocenters. The number of hydrogen-bond donors (Lipinski definition) is 0. The van der Waals surface area contributed by atoms with E-state index in [-0.39, 0.29) is 5.41 Å². The number of aryl methyl sites for hydroxylation is 2. The van der Waals surface area contributed by atoms with Gasteiger partial charge in [0.05, 0.1) is 0 Å². The summed E-state index contributed by atoms with van der Waals surface area (Å²) >= 11 is 0. The average molecular weight is 348 g/mol. The van der Waals surface area contributed by atoms with Crippen molar-refractivity contribution in [2.45, 2.75) is 66.3 Å². The van der Waals surface area contributed by atoms with Crippen LogP contribution in [0.2, 0.25) is 0 Å². The number of hydrogen-bond acceptors (Lipinski definition) is 1. The normalized spacial score (nSPS) is 19.5. The van der Waals surface area contributed by atoms with Crippen LogP contribution in [0.5, 0.6) is 0 Å². The van der Waals surface area contributed by atoms with E-state index in [0.29, 0.717) is 6.04 Å². The number of fused-ring (bicyclic) bond motifs is 3. The molecule has 1 aromatic carbocycles. The van der Waals surface area contributed by atoms with E-state index in [2.05, 4.69) is 77.1 Å². The molecule has 0 amide bonds. The maximum Gasteiger partial charge on any atom is 0.0491 e. The number of rotatable bonds is 4. The molecular weight excluding hydrogens is 314 g/mol. The third-order valence-electron chi connectivity index (χ3n) is 5.81. The second kappa shape index (κ2) is 6.95. The minimum Gasteiger partial charge on any atom is -0.343 e. The summed E-state index contributed by atoms with van der Waals surface area (Å²) < 4.78 is 0. The predicted molar refractivity (Wildman–Crippen MR) is 114 cm³/mol. The maximum absolute atomic E-state index is 4.26. The van der Waals surface area contributed by atoms with Gasteiger partial charge in [0.25, 0.3) is 0 Å². The third kappa shape index (κ3) is 3.20. The summed E-state index contributed by atoms with van der Waals surface area (Å²) in [4.78, 5) is 2.48. The standard InChI is InChI=1S/C25H33N/c1-8-11-20-13-21-15-24(25(5,6)7)26-16-19(10-3)17(4)12-23(26)22(21)14-18(20)9-2/h10,12-14,16,24H,3-4,8-9,11,15H2,1-2,5-7H3. The monoisotopic (exact) mass is 347 g/mol. The fourth-order valence-electron chi connectivity index (χ4n) is 4.29. The largest absolute Gasteiger partial charge is 0.343 e. The summed E-state index contributed by atoms with van der Waals surface area (Å²) in [7, 11) is 0. The molecule has 0 aliphatic carbocycles. The van der Waals surface area contributed by atoms with Crippen molar-refractivity contribution in [2.24, 2.45) is 5.41 Å². The number of benzene rings is 1. The van der Waals surface area contributed by atoms with E-state index >= 15 is 0 Å². The van der Waals surface area contributed by atoms with E-state index in [4.69, 9.17) is 0 Å². The van der Waals surface area contributed by atoms with Crippen LogP contribution >= 0.6 is 0 Å². The highest BCUT2D eigenvalue weighted by atomic mass is 15.2. The lowest BCUT2D eigenvalue weighted by Crippen LogP contribution is -2.45. The lowest BCUT2D eigenvalue weighted by atomic mass is 9.75. The molecule has 2 heterocycles. The zero-order valence-corrected chi connectivity index (χ0v) is 17.2. The molecular formula is C25H33N. The number of nitrogens with zero attached hydrogens (tertiary/aromatic N) is 1. The van der Waals surface area contributed by atoms with Gasteiger partial charge in [0.1, 0.15) is 0 Å². The van der Waals surface area contributed by atoms with Gasteiger partial charge in [-0.3, -0.25) is 0 Å². The van der Waals surface area contributed by atoms with Crippen molar-refractivity contribution in [2.75, 3.05) is 0 Å². The van der Waals surface area contributed by atoms with Crippen molar-refractivity contribution >= 4 is 5.70 Å². The summed E-state index contributed by atoms with van der Waals surface area (Å²) in [5, 5.41) is 0. The molecule has 0 spiro atoms. The maximum atomic E-state index is 4.26. The molecule has 0 radical (unpaired) electrons. The molecule has 0 bridgehead atoms. The number of allylic oxidation sites excluding steroid dienone is 4. The summed E-state index contributed by atoms with van der Waals surface area (Å²) in [6.45, 7) is 19.8. The first-order valence-corrected chi connectivity index (χ1v) is 9.98. The Morgan fingerprint density at radius 2 is 1.92 bits per heavy atom. The Morgan fingerprint density at radius 1 is 1.19 bits per heavy atom. The van der Waals surface area contributed by atoms with Crippen LogP contribution in [0.3, 0.4) is 0 Å². The van der Waals surface area contributed by atoms with E-state index in [1.165, 1.54) is 40.8 Å². The molecule has 1 nitrogen and oxygen atoms in total. The highest BCUT2D eigenvalue weighted by molar-refractivity contribution is 5.77. The zero-order chi connectivity index (χ0) is 19.1. The van der Waals surface area contributed by atoms with Gasteiger partial charge < -0.3 is 4.90 Å². The Bertz CT molecular complexity index is 798. The molecule has 2 aliphatic rings. The summed E-state index contributed by atoms with van der Waals surface area (Å²) in [5.74, 6) is 0. The van der Waals surface area contributed by atoms with Gasteiger partial charge >= 0.3 is 0 Å². The van der Waals surface area contributed by atoms with Crippen molar-refractivity contribution in [3.63, 3.8) is 0 Å². The lowest BCUT2D eigenvalue weighted by Gasteiger charge is -2.47. The lowest BCUT2D eigenvalue weighted by molar-refractivity contribution is 0.189. The minimum absolute atomic E-state index is 0.187. The van der Waals surface area contributed by atoms with E-state index in [1.807, 2.05) is 6.08 Å². The molecule has 26 heavy (non-hydrogen) atoms. The Morgan fingerprint density at radius 3 is 2.50 bits per heavy atom. The quantitative estimate of drug-likeness (QED) is 0.604. The van der Waals surface area contributed by atoms with Gasteiger partial charge in [-0.25, -0.2) is 0 Å². The smallest absolute Gasteiger partial charge is 0.0491 e. The Kier molecular flexibility index (Phi) is 5.01. The van der Waals surface area contributed by atoms with E-state index in [9.17, 15) is 0 Å². The van der Waals surface area contributed by atoms with Gasteiger partial charge in [-0.05, 0) is 64.7 Å². The summed E-state index contributed by atoms with van der Waals surface area (Å²) in [5.41, 5.74) is 9.59. The first-order valence-electron chi connectivity index (χ1n) is 9.98. The highest BCUT2D eigenvalue weighted by Gasteiger charge is 2.37. The molecule has 0 saturated carbocycles. The zero-order valence-electron chi connectivity index (χ0n) is 17.2. The first-order chi connectivity index (χ1) is 12.3. The molecule has 0 N–H and O–H groups in total. The molecule has 1 heteroatoms. The molecule has 138 valence electrons. The van der Waals surface area contributed by atoms with Gasteiger partial charge in [-0.1, -0.05) is 66.3 Å². The van der Waals surface area contributed by atoms with Crippen LogP contribution in [-0.4, -0.2) is 10.9 Å². The van der Waals surface area contributed by atoms with Gasteiger partial charge in [0.15, 0.2) is 0 Å². The van der Waals surface area contributed by atoms with Crippen molar-refractivity contribution in [1.82, 2.24) is 4.90 Å². The van der Waals surface area contributed by atoms with Crippen LogP contribution in [0.4, 0.5) is 0 Å². The fraction of sp³-hybridized carbons (Fsp3) is 0.440. The Hall–Kier alpha value is -2.02. The van der Waals surface area contributed by atoms with Crippen LogP contribution in [-0.2, 0) is 19.3 Å². The van der Waals surface area contributed by atoms with E-state index in [1.54, 1.807) is 0 Å². The molecule has 1 aromatic rings. The van der Waals surface area contributed by atoms with Gasteiger partial charge in [0, 0.05) is 23.5 Å². The summed E-state index contributed by atoms with van der Waals surface area (Å²) in [6, 6.07) is 5.37. The Balaban J connectivity index is 2.20. The summed E-state index contributed by atoms with van der Waals surface area (Å²) in [6.07, 6.45) is 11.0. The van der Waals surface area contributed by atoms with Crippen molar-refractivity contribution in [3.8, 4) is 0 Å². The fourth-order valence-corrected chi connectivity index (χ4v) is 4.29. The SMILES string of the molecule is C=CC1=CN2C(=CC1=C)c1cc(CC)c(CCC)cc1CC2C(C)(C)C. The van der Waals surface area contributed by atoms with Crippen LogP contribution in [0.25, 0.3) is 5.70 Å². The van der Waals surface area contributed by atoms with Gasteiger partial charge in [0.2, 0.25) is 0 Å². The van der Waals surface area contributed by atoms with Gasteiger partial charge in [-0.15, -0.1) is 0 Å². The van der Waals surface area contributed by atoms with Crippen molar-refractivity contribution in [3.05, 3.63) is 77.0 Å². The second-order valence-electron chi connectivity index (χ2n) is 8.72. The Labute approximate surface area is 159 Å². The molecule has 1 unspecified atom stereocenters. The van der Waals surface area contributed by atoms with Crippen molar-refractivity contribution in [1.29, 1.82) is 0 Å². The van der Waals surface area contributed by atoms with E-state index < -0.39 is 0 Å². The molecule has 0 aromatic heterocycles. The van der Waals surface area contributed by atoms with Crippen LogP contribution < -0.4 is 0 Å². The average Bonchev–Trinajstić information content (AvgIpc) is 2.59. The molecule has 0 fully saturated rings. The predicted octanol–water partition coefficient (Wildman–Crippen LogP) is 6.45. The third-order valence-corrected chi connectivity index (χ3v) is 5.81. The topological polar surface area (TPSA) is 3.24 Å². The molecule has 2 aliphatic heterocycles. The van der Waals surface area contributed by atoms with E-state index in [0.717, 1.165) is 24.0 Å². The minimum atomic E-state index is 0.187. The highest BCUT2D eigenvalue weighted by Crippen LogP contribution is 2.43. The van der Waals surface area contributed by atoms with Crippen LogP contribution in [0, 0.1) is 5.41 Å². The van der Waals surface area contributed by atoms with Crippen LogP contribution in [0.1, 0.15) is 63.3 Å². The van der Waals surface area contributed by atoms with Crippen LogP contribution in [0.15, 0.2) is 54.8 Å².